The molecule has 20 heavy (non-hydrogen) atoms. The van der Waals surface area contributed by atoms with E-state index in [-0.39, 0.29) is 0 Å². The van der Waals surface area contributed by atoms with Gasteiger partial charge in [0.05, 0.1) is 17.2 Å². The Labute approximate surface area is 124 Å². The van der Waals surface area contributed by atoms with Gasteiger partial charge in [0.1, 0.15) is 17.5 Å². The Morgan fingerprint density at radius 1 is 1.25 bits per heavy atom. The molecule has 0 aromatic carbocycles. The molecule has 0 saturated carbocycles. The first-order valence-electron chi connectivity index (χ1n) is 6.72. The molecule has 0 atom stereocenters. The summed E-state index contributed by atoms with van der Waals surface area (Å²) in [6.45, 7) is 6.90. The van der Waals surface area contributed by atoms with Crippen LogP contribution >= 0.6 is 11.3 Å². The van der Waals surface area contributed by atoms with E-state index >= 15 is 0 Å². The quantitative estimate of drug-likeness (QED) is 0.918. The summed E-state index contributed by atoms with van der Waals surface area (Å²) in [5, 5.41) is 6.34. The monoisotopic (exact) mass is 291 g/mol. The highest BCUT2D eigenvalue weighted by atomic mass is 32.1. The third kappa shape index (κ3) is 3.07. The number of aryl methyl sites for hydroxylation is 2. The number of aromatic nitrogens is 3. The van der Waals surface area contributed by atoms with E-state index in [1.54, 1.807) is 11.3 Å². The van der Waals surface area contributed by atoms with Crippen molar-refractivity contribution in [3.8, 4) is 0 Å². The van der Waals surface area contributed by atoms with E-state index in [4.69, 9.17) is 0 Å². The summed E-state index contributed by atoms with van der Waals surface area (Å²) in [7, 11) is 3.94. The molecule has 0 bridgehead atoms. The van der Waals surface area contributed by atoms with Crippen LogP contribution in [0.2, 0.25) is 0 Å². The van der Waals surface area contributed by atoms with Gasteiger partial charge in [-0.15, -0.1) is 11.3 Å². The summed E-state index contributed by atoms with van der Waals surface area (Å²) in [4.78, 5) is 15.8. The van der Waals surface area contributed by atoms with E-state index in [1.807, 2.05) is 27.9 Å². The first-order valence-corrected chi connectivity index (χ1v) is 7.60. The standard InChI is InChI=1S/C14H21N5S/c1-6-12-17-13(15-4)9(2)14(18-12)19(5)7-11-8-20-10(3)16-11/h8H,6-7H2,1-5H3,(H,15,17,18). The summed E-state index contributed by atoms with van der Waals surface area (Å²) in [5.74, 6) is 2.72. The average molecular weight is 291 g/mol. The van der Waals surface area contributed by atoms with Crippen molar-refractivity contribution >= 4 is 23.0 Å². The van der Waals surface area contributed by atoms with Gasteiger partial charge >= 0.3 is 0 Å². The normalized spacial score (nSPS) is 10.7. The lowest BCUT2D eigenvalue weighted by Gasteiger charge is -2.21. The fourth-order valence-corrected chi connectivity index (χ4v) is 2.73. The van der Waals surface area contributed by atoms with E-state index in [9.17, 15) is 0 Å². The van der Waals surface area contributed by atoms with Crippen molar-refractivity contribution in [2.24, 2.45) is 0 Å². The van der Waals surface area contributed by atoms with Crippen molar-refractivity contribution in [3.63, 3.8) is 0 Å². The van der Waals surface area contributed by atoms with Gasteiger partial charge in [-0.2, -0.15) is 0 Å². The zero-order chi connectivity index (χ0) is 14.7. The van der Waals surface area contributed by atoms with Gasteiger partial charge in [0, 0.05) is 31.5 Å². The molecule has 108 valence electrons. The molecule has 0 radical (unpaired) electrons. The average Bonchev–Trinajstić information content (AvgIpc) is 2.84. The molecule has 0 aliphatic heterocycles. The Bertz CT molecular complexity index is 593. The van der Waals surface area contributed by atoms with Crippen molar-refractivity contribution in [3.05, 3.63) is 27.5 Å². The van der Waals surface area contributed by atoms with Crippen LogP contribution in [0.1, 0.15) is 29.0 Å². The molecule has 1 N–H and O–H groups in total. The second-order valence-electron chi connectivity index (χ2n) is 4.75. The minimum Gasteiger partial charge on any atom is -0.373 e. The Kier molecular flexibility index (Phi) is 4.54. The molecule has 0 fully saturated rings. The Morgan fingerprint density at radius 2 is 2.00 bits per heavy atom. The van der Waals surface area contributed by atoms with Crippen LogP contribution in [0.4, 0.5) is 11.6 Å². The Hall–Kier alpha value is -1.69. The summed E-state index contributed by atoms with van der Waals surface area (Å²) in [5.41, 5.74) is 2.15. The van der Waals surface area contributed by atoms with E-state index < -0.39 is 0 Å². The molecule has 0 saturated heterocycles. The molecule has 0 aliphatic carbocycles. The van der Waals surface area contributed by atoms with Gasteiger partial charge in [-0.1, -0.05) is 6.92 Å². The van der Waals surface area contributed by atoms with E-state index in [0.717, 1.165) is 46.7 Å². The minimum absolute atomic E-state index is 0.758. The summed E-state index contributed by atoms with van der Waals surface area (Å²) in [6, 6.07) is 0. The predicted molar refractivity (Wildman–Crippen MR) is 84.7 cm³/mol. The number of nitrogens with zero attached hydrogens (tertiary/aromatic N) is 4. The van der Waals surface area contributed by atoms with E-state index in [2.05, 4.69) is 37.5 Å². The Morgan fingerprint density at radius 3 is 2.55 bits per heavy atom. The van der Waals surface area contributed by atoms with E-state index in [0.29, 0.717) is 0 Å². The van der Waals surface area contributed by atoms with Crippen LogP contribution in [0.15, 0.2) is 5.38 Å². The van der Waals surface area contributed by atoms with Gasteiger partial charge in [-0.25, -0.2) is 15.0 Å². The van der Waals surface area contributed by atoms with Crippen LogP contribution in [-0.4, -0.2) is 29.0 Å². The number of hydrogen-bond acceptors (Lipinski definition) is 6. The van der Waals surface area contributed by atoms with Crippen molar-refractivity contribution in [1.29, 1.82) is 0 Å². The van der Waals surface area contributed by atoms with Crippen molar-refractivity contribution < 1.29 is 0 Å². The predicted octanol–water partition coefficient (Wildman–Crippen LogP) is 2.79. The molecular weight excluding hydrogens is 270 g/mol. The summed E-state index contributed by atoms with van der Waals surface area (Å²) in [6.07, 6.45) is 0.825. The summed E-state index contributed by atoms with van der Waals surface area (Å²) < 4.78 is 0. The lowest BCUT2D eigenvalue weighted by Crippen LogP contribution is -2.21. The lowest BCUT2D eigenvalue weighted by atomic mass is 10.2. The van der Waals surface area contributed by atoms with Crippen molar-refractivity contribution in [2.75, 3.05) is 24.3 Å². The fourth-order valence-electron chi connectivity index (χ4n) is 2.12. The maximum absolute atomic E-state index is 4.65. The maximum atomic E-state index is 4.65. The molecular formula is C14H21N5S. The van der Waals surface area contributed by atoms with Crippen molar-refractivity contribution in [2.45, 2.75) is 33.7 Å². The zero-order valence-corrected chi connectivity index (χ0v) is 13.5. The van der Waals surface area contributed by atoms with Crippen molar-refractivity contribution in [1.82, 2.24) is 15.0 Å². The van der Waals surface area contributed by atoms with Crippen LogP contribution in [0.5, 0.6) is 0 Å². The third-order valence-electron chi connectivity index (χ3n) is 3.15. The molecule has 2 heterocycles. The number of rotatable bonds is 5. The van der Waals surface area contributed by atoms with Crippen LogP contribution in [-0.2, 0) is 13.0 Å². The van der Waals surface area contributed by atoms with Crippen LogP contribution in [0.3, 0.4) is 0 Å². The molecule has 2 rings (SSSR count). The second kappa shape index (κ2) is 6.17. The maximum Gasteiger partial charge on any atom is 0.137 e. The summed E-state index contributed by atoms with van der Waals surface area (Å²) >= 11 is 1.68. The third-order valence-corrected chi connectivity index (χ3v) is 3.97. The van der Waals surface area contributed by atoms with Gasteiger partial charge in [0.25, 0.3) is 0 Å². The van der Waals surface area contributed by atoms with Crippen LogP contribution < -0.4 is 10.2 Å². The first kappa shape index (κ1) is 14.7. The smallest absolute Gasteiger partial charge is 0.137 e. The van der Waals surface area contributed by atoms with Gasteiger partial charge in [-0.3, -0.25) is 0 Å². The van der Waals surface area contributed by atoms with Gasteiger partial charge in [0.2, 0.25) is 0 Å². The van der Waals surface area contributed by atoms with Gasteiger partial charge < -0.3 is 10.2 Å². The zero-order valence-electron chi connectivity index (χ0n) is 12.7. The minimum atomic E-state index is 0.758. The highest BCUT2D eigenvalue weighted by Gasteiger charge is 2.14. The van der Waals surface area contributed by atoms with E-state index in [1.165, 1.54) is 0 Å². The topological polar surface area (TPSA) is 53.9 Å². The fraction of sp³-hybridized carbons (Fsp3) is 0.500. The van der Waals surface area contributed by atoms with Gasteiger partial charge in [-0.05, 0) is 13.8 Å². The lowest BCUT2D eigenvalue weighted by molar-refractivity contribution is 0.835. The molecule has 2 aromatic heterocycles. The number of hydrogen-bond donors (Lipinski definition) is 1. The SMILES string of the molecule is CCc1nc(NC)c(C)c(N(C)Cc2csc(C)n2)n1. The molecule has 6 heteroatoms. The largest absolute Gasteiger partial charge is 0.373 e. The molecule has 0 spiro atoms. The Balaban J connectivity index is 2.30. The number of anilines is 2. The molecule has 0 unspecified atom stereocenters. The first-order chi connectivity index (χ1) is 9.55. The highest BCUT2D eigenvalue weighted by Crippen LogP contribution is 2.24. The number of thiazole rings is 1. The molecule has 5 nitrogen and oxygen atoms in total. The van der Waals surface area contributed by atoms with Crippen LogP contribution in [0, 0.1) is 13.8 Å². The highest BCUT2D eigenvalue weighted by molar-refractivity contribution is 7.09. The van der Waals surface area contributed by atoms with Gasteiger partial charge in [0.15, 0.2) is 0 Å². The molecule has 2 aromatic rings. The van der Waals surface area contributed by atoms with Crippen LogP contribution in [0.25, 0.3) is 0 Å². The number of nitrogens with one attached hydrogen (secondary N) is 1. The molecule has 0 aliphatic rings. The molecule has 0 amide bonds. The second-order valence-corrected chi connectivity index (χ2v) is 5.82.